The van der Waals surface area contributed by atoms with Gasteiger partial charge in [-0.05, 0) is 56.2 Å². The predicted molar refractivity (Wildman–Crippen MR) is 125 cm³/mol. The molecule has 1 amide bonds. The molecular weight excluding hydrogens is 430 g/mol. The van der Waals surface area contributed by atoms with Crippen molar-refractivity contribution in [1.29, 1.82) is 0 Å². The number of nitrogens with zero attached hydrogens (tertiary/aromatic N) is 4. The molecule has 0 aliphatic rings. The highest BCUT2D eigenvalue weighted by Gasteiger charge is 2.15. The summed E-state index contributed by atoms with van der Waals surface area (Å²) < 4.78 is 8.94. The first-order valence-electron chi connectivity index (χ1n) is 9.93. The van der Waals surface area contributed by atoms with Gasteiger partial charge in [0, 0.05) is 6.54 Å². The molecule has 0 aliphatic carbocycles. The number of hydrogen-bond acceptors (Lipinski definition) is 7. The maximum atomic E-state index is 12.4. The third-order valence-electron chi connectivity index (χ3n) is 4.55. The molecule has 31 heavy (non-hydrogen) atoms. The minimum atomic E-state index is -0.122. The SMILES string of the molecule is CCn1c(COc2cc(C)cc(C)c2)nnc1SCC(=O)Nc1nc2ccccc2s1. The summed E-state index contributed by atoms with van der Waals surface area (Å²) in [5.41, 5.74) is 3.19. The fraction of sp³-hybridized carbons (Fsp3) is 0.273. The van der Waals surface area contributed by atoms with Gasteiger partial charge in [-0.2, -0.15) is 0 Å². The van der Waals surface area contributed by atoms with E-state index >= 15 is 0 Å². The van der Waals surface area contributed by atoms with Gasteiger partial charge >= 0.3 is 0 Å². The van der Waals surface area contributed by atoms with Crippen LogP contribution in [0.25, 0.3) is 10.2 Å². The van der Waals surface area contributed by atoms with Gasteiger partial charge in [0.25, 0.3) is 0 Å². The number of thiazole rings is 1. The van der Waals surface area contributed by atoms with Gasteiger partial charge in [0.2, 0.25) is 5.91 Å². The maximum absolute atomic E-state index is 12.4. The summed E-state index contributed by atoms with van der Waals surface area (Å²) in [4.78, 5) is 16.8. The second-order valence-electron chi connectivity index (χ2n) is 7.08. The van der Waals surface area contributed by atoms with E-state index in [1.54, 1.807) is 0 Å². The minimum Gasteiger partial charge on any atom is -0.486 e. The molecule has 0 saturated heterocycles. The fourth-order valence-electron chi connectivity index (χ4n) is 3.23. The van der Waals surface area contributed by atoms with Crippen LogP contribution in [0.1, 0.15) is 23.9 Å². The number of thioether (sulfide) groups is 1. The van der Waals surface area contributed by atoms with E-state index in [4.69, 9.17) is 4.74 Å². The van der Waals surface area contributed by atoms with Gasteiger partial charge in [0.05, 0.1) is 16.0 Å². The van der Waals surface area contributed by atoms with E-state index in [9.17, 15) is 4.79 Å². The van der Waals surface area contributed by atoms with Crippen LogP contribution in [-0.4, -0.2) is 31.4 Å². The average Bonchev–Trinajstić information content (AvgIpc) is 3.32. The zero-order chi connectivity index (χ0) is 21.8. The normalized spacial score (nSPS) is 11.1. The largest absolute Gasteiger partial charge is 0.486 e. The highest BCUT2D eigenvalue weighted by atomic mass is 32.2. The summed E-state index contributed by atoms with van der Waals surface area (Å²) in [6.07, 6.45) is 0. The fourth-order valence-corrected chi connectivity index (χ4v) is 4.93. The number of hydrogen-bond donors (Lipinski definition) is 1. The second-order valence-corrected chi connectivity index (χ2v) is 9.05. The molecule has 4 aromatic rings. The number of amides is 1. The summed E-state index contributed by atoms with van der Waals surface area (Å²) in [5.74, 6) is 1.65. The van der Waals surface area contributed by atoms with Crippen molar-refractivity contribution in [1.82, 2.24) is 19.7 Å². The molecule has 0 aliphatic heterocycles. The molecule has 0 atom stereocenters. The maximum Gasteiger partial charge on any atom is 0.236 e. The first kappa shape index (κ1) is 21.3. The topological polar surface area (TPSA) is 81.9 Å². The monoisotopic (exact) mass is 453 g/mol. The number of rotatable bonds is 8. The first-order chi connectivity index (χ1) is 15.0. The van der Waals surface area contributed by atoms with Crippen LogP contribution in [0.2, 0.25) is 0 Å². The lowest BCUT2D eigenvalue weighted by atomic mass is 10.1. The number of benzene rings is 2. The number of fused-ring (bicyclic) bond motifs is 1. The van der Waals surface area contributed by atoms with E-state index in [-0.39, 0.29) is 11.7 Å². The minimum absolute atomic E-state index is 0.122. The van der Waals surface area contributed by atoms with E-state index in [0.29, 0.717) is 23.4 Å². The Bertz CT molecular complexity index is 1160. The van der Waals surface area contributed by atoms with Gasteiger partial charge in [0.15, 0.2) is 16.1 Å². The molecule has 160 valence electrons. The van der Waals surface area contributed by atoms with Crippen molar-refractivity contribution in [3.05, 3.63) is 59.4 Å². The predicted octanol–water partition coefficient (Wildman–Crippen LogP) is 4.83. The van der Waals surface area contributed by atoms with Crippen LogP contribution in [0.5, 0.6) is 5.75 Å². The molecule has 0 spiro atoms. The Morgan fingerprint density at radius 2 is 1.94 bits per heavy atom. The van der Waals surface area contributed by atoms with Gasteiger partial charge in [-0.3, -0.25) is 4.79 Å². The molecule has 0 radical (unpaired) electrons. The van der Waals surface area contributed by atoms with Crippen LogP contribution in [0.3, 0.4) is 0 Å². The van der Waals surface area contributed by atoms with E-state index in [2.05, 4.69) is 26.6 Å². The Morgan fingerprint density at radius 1 is 1.16 bits per heavy atom. The third-order valence-corrected chi connectivity index (χ3v) is 6.46. The van der Waals surface area contributed by atoms with Crippen LogP contribution in [-0.2, 0) is 17.9 Å². The summed E-state index contributed by atoms with van der Waals surface area (Å²) in [7, 11) is 0. The molecular formula is C22H23N5O2S2. The van der Waals surface area contributed by atoms with E-state index in [0.717, 1.165) is 32.9 Å². The lowest BCUT2D eigenvalue weighted by molar-refractivity contribution is -0.113. The molecule has 0 bridgehead atoms. The van der Waals surface area contributed by atoms with Crippen LogP contribution >= 0.6 is 23.1 Å². The number of carbonyl (C=O) groups is 1. The highest BCUT2D eigenvalue weighted by molar-refractivity contribution is 7.99. The molecule has 9 heteroatoms. The Balaban J connectivity index is 1.36. The summed E-state index contributed by atoms with van der Waals surface area (Å²) in [6, 6.07) is 13.9. The molecule has 0 unspecified atom stereocenters. The van der Waals surface area contributed by atoms with Gasteiger partial charge in [-0.25, -0.2) is 4.98 Å². The zero-order valence-electron chi connectivity index (χ0n) is 17.6. The number of carbonyl (C=O) groups excluding carboxylic acids is 1. The lowest BCUT2D eigenvalue weighted by Crippen LogP contribution is -2.14. The Labute approximate surface area is 188 Å². The molecule has 4 rings (SSSR count). The number of nitrogens with one attached hydrogen (secondary N) is 1. The quantitative estimate of drug-likeness (QED) is 0.385. The molecule has 2 aromatic carbocycles. The highest BCUT2D eigenvalue weighted by Crippen LogP contribution is 2.26. The number of anilines is 1. The van der Waals surface area contributed by atoms with Crippen LogP contribution in [0.4, 0.5) is 5.13 Å². The first-order valence-corrected chi connectivity index (χ1v) is 11.7. The van der Waals surface area contributed by atoms with Crippen molar-refractivity contribution in [2.24, 2.45) is 0 Å². The number of para-hydroxylation sites is 1. The summed E-state index contributed by atoms with van der Waals surface area (Å²) in [5, 5.41) is 12.7. The Kier molecular flexibility index (Phi) is 6.53. The molecule has 0 saturated carbocycles. The van der Waals surface area contributed by atoms with Crippen LogP contribution < -0.4 is 10.1 Å². The summed E-state index contributed by atoms with van der Waals surface area (Å²) in [6.45, 7) is 7.13. The molecule has 2 heterocycles. The van der Waals surface area contributed by atoms with Gasteiger partial charge in [-0.15, -0.1) is 10.2 Å². The smallest absolute Gasteiger partial charge is 0.236 e. The van der Waals surface area contributed by atoms with Crippen molar-refractivity contribution in [3.8, 4) is 5.75 Å². The standard InChI is InChI=1S/C22H23N5O2S2/c1-4-27-19(12-29-16-10-14(2)9-15(3)11-16)25-26-22(27)30-13-20(28)24-21-23-17-7-5-6-8-18(17)31-21/h5-11H,4,12-13H2,1-3H3,(H,23,24,28). The van der Waals surface area contributed by atoms with Crippen molar-refractivity contribution in [2.75, 3.05) is 11.1 Å². The third kappa shape index (κ3) is 5.23. The Hall–Kier alpha value is -2.91. The van der Waals surface area contributed by atoms with Crippen molar-refractivity contribution in [3.63, 3.8) is 0 Å². The number of aryl methyl sites for hydroxylation is 2. The summed E-state index contributed by atoms with van der Waals surface area (Å²) >= 11 is 2.82. The van der Waals surface area contributed by atoms with Crippen molar-refractivity contribution < 1.29 is 9.53 Å². The number of aromatic nitrogens is 4. The molecule has 7 nitrogen and oxygen atoms in total. The van der Waals surface area contributed by atoms with Crippen LogP contribution in [0, 0.1) is 13.8 Å². The van der Waals surface area contributed by atoms with Crippen molar-refractivity contribution in [2.45, 2.75) is 39.1 Å². The van der Waals surface area contributed by atoms with Gasteiger partial charge in [0.1, 0.15) is 12.4 Å². The average molecular weight is 454 g/mol. The lowest BCUT2D eigenvalue weighted by Gasteiger charge is -2.10. The molecule has 0 fully saturated rings. The van der Waals surface area contributed by atoms with E-state index in [1.165, 1.54) is 23.1 Å². The zero-order valence-corrected chi connectivity index (χ0v) is 19.2. The van der Waals surface area contributed by atoms with Crippen molar-refractivity contribution >= 4 is 44.4 Å². The Morgan fingerprint density at radius 3 is 2.68 bits per heavy atom. The van der Waals surface area contributed by atoms with Gasteiger partial charge in [-0.1, -0.05) is 41.3 Å². The van der Waals surface area contributed by atoms with Crippen LogP contribution in [0.15, 0.2) is 47.6 Å². The second kappa shape index (κ2) is 9.49. The van der Waals surface area contributed by atoms with E-state index < -0.39 is 0 Å². The molecule has 2 aromatic heterocycles. The number of ether oxygens (including phenoxy) is 1. The van der Waals surface area contributed by atoms with E-state index in [1.807, 2.05) is 61.7 Å². The molecule has 1 N–H and O–H groups in total. The van der Waals surface area contributed by atoms with Gasteiger partial charge < -0.3 is 14.6 Å².